The molecular formula is C12H20N2O4. The molecule has 6 nitrogen and oxygen atoms in total. The lowest BCUT2D eigenvalue weighted by atomic mass is 9.99. The maximum Gasteiger partial charge on any atom is 0.323 e. The molecule has 1 atom stereocenters. The average Bonchev–Trinajstić information content (AvgIpc) is 3.19. The number of rotatable bonds is 4. The summed E-state index contributed by atoms with van der Waals surface area (Å²) in [4.78, 5) is 26.2. The van der Waals surface area contributed by atoms with Gasteiger partial charge in [-0.25, -0.2) is 4.79 Å². The van der Waals surface area contributed by atoms with E-state index in [0.29, 0.717) is 13.1 Å². The molecule has 0 aromatic carbocycles. The fourth-order valence-electron chi connectivity index (χ4n) is 2.45. The molecule has 0 bridgehead atoms. The second-order valence-corrected chi connectivity index (χ2v) is 5.17. The van der Waals surface area contributed by atoms with Crippen LogP contribution in [0, 0.1) is 5.92 Å². The Morgan fingerprint density at radius 3 is 2.56 bits per heavy atom. The van der Waals surface area contributed by atoms with Gasteiger partial charge in [0.1, 0.15) is 6.54 Å². The van der Waals surface area contributed by atoms with Crippen molar-refractivity contribution in [2.24, 2.45) is 5.92 Å². The van der Waals surface area contributed by atoms with Gasteiger partial charge < -0.3 is 20.0 Å². The SMILES string of the molecule is O=C(O)CN(C(=O)N1CCCC(CO)C1)C1CC1. The molecule has 1 saturated heterocycles. The van der Waals surface area contributed by atoms with Crippen molar-refractivity contribution in [1.29, 1.82) is 0 Å². The van der Waals surface area contributed by atoms with E-state index in [0.717, 1.165) is 25.7 Å². The second kappa shape index (κ2) is 5.56. The van der Waals surface area contributed by atoms with Gasteiger partial charge in [0.2, 0.25) is 0 Å². The van der Waals surface area contributed by atoms with Gasteiger partial charge in [0.05, 0.1) is 0 Å². The van der Waals surface area contributed by atoms with Crippen molar-refractivity contribution in [3.63, 3.8) is 0 Å². The fourth-order valence-corrected chi connectivity index (χ4v) is 2.45. The third-order valence-electron chi connectivity index (χ3n) is 3.59. The molecule has 102 valence electrons. The standard InChI is InChI=1S/C12H20N2O4/c15-8-9-2-1-5-13(6-9)12(18)14(7-11(16)17)10-3-4-10/h9-10,15H,1-8H2,(H,16,17). The molecule has 18 heavy (non-hydrogen) atoms. The molecule has 2 aliphatic rings. The summed E-state index contributed by atoms with van der Waals surface area (Å²) in [6, 6.07) is -0.0823. The first-order valence-corrected chi connectivity index (χ1v) is 6.50. The van der Waals surface area contributed by atoms with Crippen LogP contribution in [0.4, 0.5) is 4.79 Å². The van der Waals surface area contributed by atoms with Crippen LogP contribution in [0.1, 0.15) is 25.7 Å². The highest BCUT2D eigenvalue weighted by molar-refractivity contribution is 5.80. The third-order valence-corrected chi connectivity index (χ3v) is 3.59. The number of likely N-dealkylation sites (tertiary alicyclic amines) is 1. The summed E-state index contributed by atoms with van der Waals surface area (Å²) < 4.78 is 0. The van der Waals surface area contributed by atoms with Gasteiger partial charge in [-0.1, -0.05) is 0 Å². The van der Waals surface area contributed by atoms with Crippen LogP contribution in [0.5, 0.6) is 0 Å². The molecule has 1 saturated carbocycles. The Morgan fingerprint density at radius 1 is 1.28 bits per heavy atom. The zero-order valence-electron chi connectivity index (χ0n) is 10.4. The van der Waals surface area contributed by atoms with Gasteiger partial charge in [-0.05, 0) is 31.6 Å². The summed E-state index contributed by atoms with van der Waals surface area (Å²) in [6.07, 6.45) is 3.61. The number of aliphatic hydroxyl groups is 1. The third kappa shape index (κ3) is 3.13. The first-order valence-electron chi connectivity index (χ1n) is 6.50. The number of hydrogen-bond donors (Lipinski definition) is 2. The van der Waals surface area contributed by atoms with Crippen LogP contribution in [0.25, 0.3) is 0 Å². The van der Waals surface area contributed by atoms with Gasteiger partial charge in [-0.2, -0.15) is 0 Å². The highest BCUT2D eigenvalue weighted by Gasteiger charge is 2.37. The number of aliphatic hydroxyl groups excluding tert-OH is 1. The van der Waals surface area contributed by atoms with Gasteiger partial charge in [0.15, 0.2) is 0 Å². The number of aliphatic carboxylic acids is 1. The Kier molecular flexibility index (Phi) is 4.06. The van der Waals surface area contributed by atoms with E-state index < -0.39 is 5.97 Å². The molecule has 1 unspecified atom stereocenters. The minimum atomic E-state index is -0.967. The predicted molar refractivity (Wildman–Crippen MR) is 64.1 cm³/mol. The quantitative estimate of drug-likeness (QED) is 0.761. The van der Waals surface area contributed by atoms with Crippen LogP contribution in [0.3, 0.4) is 0 Å². The number of carboxylic acid groups (broad SMARTS) is 1. The number of carbonyl (C=O) groups is 2. The molecular weight excluding hydrogens is 236 g/mol. The molecule has 0 spiro atoms. The first-order chi connectivity index (χ1) is 8.61. The van der Waals surface area contributed by atoms with Crippen molar-refractivity contribution < 1.29 is 19.8 Å². The van der Waals surface area contributed by atoms with E-state index in [-0.39, 0.29) is 31.1 Å². The lowest BCUT2D eigenvalue weighted by Gasteiger charge is -2.35. The van der Waals surface area contributed by atoms with Gasteiger partial charge in [-0.15, -0.1) is 0 Å². The van der Waals surface area contributed by atoms with Crippen molar-refractivity contribution in [3.05, 3.63) is 0 Å². The first kappa shape index (κ1) is 13.1. The molecule has 2 fully saturated rings. The number of piperidine rings is 1. The number of amides is 2. The molecule has 0 radical (unpaired) electrons. The van der Waals surface area contributed by atoms with Crippen molar-refractivity contribution in [3.8, 4) is 0 Å². The van der Waals surface area contributed by atoms with E-state index in [1.54, 1.807) is 4.90 Å². The number of carbonyl (C=O) groups excluding carboxylic acids is 1. The summed E-state index contributed by atoms with van der Waals surface area (Å²) in [5.74, 6) is -0.834. The minimum Gasteiger partial charge on any atom is -0.480 e. The normalized spacial score (nSPS) is 23.8. The summed E-state index contributed by atoms with van der Waals surface area (Å²) in [5.41, 5.74) is 0. The maximum atomic E-state index is 12.3. The monoisotopic (exact) mass is 256 g/mol. The minimum absolute atomic E-state index is 0.0894. The molecule has 0 aromatic rings. The van der Waals surface area contributed by atoms with E-state index in [2.05, 4.69) is 0 Å². The highest BCUT2D eigenvalue weighted by Crippen LogP contribution is 2.28. The Bertz CT molecular complexity index is 330. The van der Waals surface area contributed by atoms with Crippen molar-refractivity contribution in [2.45, 2.75) is 31.7 Å². The lowest BCUT2D eigenvalue weighted by molar-refractivity contribution is -0.137. The smallest absolute Gasteiger partial charge is 0.323 e. The largest absolute Gasteiger partial charge is 0.480 e. The maximum absolute atomic E-state index is 12.3. The molecule has 6 heteroatoms. The van der Waals surface area contributed by atoms with Crippen molar-refractivity contribution in [2.75, 3.05) is 26.2 Å². The van der Waals surface area contributed by atoms with E-state index in [9.17, 15) is 9.59 Å². The van der Waals surface area contributed by atoms with E-state index in [1.807, 2.05) is 0 Å². The lowest BCUT2D eigenvalue weighted by Crippen LogP contribution is -2.50. The van der Waals surface area contributed by atoms with Crippen LogP contribution in [0.15, 0.2) is 0 Å². The number of carboxylic acids is 1. The Hall–Kier alpha value is -1.30. The van der Waals surface area contributed by atoms with Crippen LogP contribution in [-0.2, 0) is 4.79 Å². The van der Waals surface area contributed by atoms with Gasteiger partial charge in [0.25, 0.3) is 0 Å². The fraction of sp³-hybridized carbons (Fsp3) is 0.833. The van der Waals surface area contributed by atoms with E-state index in [4.69, 9.17) is 10.2 Å². The van der Waals surface area contributed by atoms with E-state index in [1.165, 1.54) is 4.90 Å². The molecule has 1 heterocycles. The zero-order chi connectivity index (χ0) is 13.1. The molecule has 1 aliphatic heterocycles. The molecule has 1 aliphatic carbocycles. The van der Waals surface area contributed by atoms with Crippen LogP contribution >= 0.6 is 0 Å². The van der Waals surface area contributed by atoms with Gasteiger partial charge in [0, 0.05) is 25.7 Å². The number of urea groups is 1. The highest BCUT2D eigenvalue weighted by atomic mass is 16.4. The molecule has 0 aromatic heterocycles. The van der Waals surface area contributed by atoms with Gasteiger partial charge >= 0.3 is 12.0 Å². The summed E-state index contributed by atoms with van der Waals surface area (Å²) in [5, 5.41) is 18.0. The predicted octanol–water partition coefficient (Wildman–Crippen LogP) is 0.360. The Labute approximate surface area is 106 Å². The Balaban J connectivity index is 1.96. The molecule has 2 rings (SSSR count). The molecule has 2 N–H and O–H groups in total. The average molecular weight is 256 g/mol. The summed E-state index contributed by atoms with van der Waals surface area (Å²) in [6.45, 7) is 1.08. The number of nitrogens with zero attached hydrogens (tertiary/aromatic N) is 2. The van der Waals surface area contributed by atoms with Crippen LogP contribution < -0.4 is 0 Å². The van der Waals surface area contributed by atoms with Crippen molar-refractivity contribution >= 4 is 12.0 Å². The van der Waals surface area contributed by atoms with Crippen LogP contribution in [0.2, 0.25) is 0 Å². The van der Waals surface area contributed by atoms with Crippen molar-refractivity contribution in [1.82, 2.24) is 9.80 Å². The second-order valence-electron chi connectivity index (χ2n) is 5.17. The van der Waals surface area contributed by atoms with Gasteiger partial charge in [-0.3, -0.25) is 4.79 Å². The summed E-state index contributed by atoms with van der Waals surface area (Å²) in [7, 11) is 0. The van der Waals surface area contributed by atoms with Crippen LogP contribution in [-0.4, -0.2) is 64.3 Å². The topological polar surface area (TPSA) is 81.1 Å². The zero-order valence-corrected chi connectivity index (χ0v) is 10.4. The Morgan fingerprint density at radius 2 is 2.00 bits per heavy atom. The summed E-state index contributed by atoms with van der Waals surface area (Å²) >= 11 is 0. The van der Waals surface area contributed by atoms with E-state index >= 15 is 0 Å². The number of hydrogen-bond acceptors (Lipinski definition) is 3. The molecule has 2 amide bonds.